The summed E-state index contributed by atoms with van der Waals surface area (Å²) in [6.45, 7) is 0. The fourth-order valence-electron chi connectivity index (χ4n) is 10.5. The van der Waals surface area contributed by atoms with Crippen molar-refractivity contribution >= 4 is 43.6 Å². The van der Waals surface area contributed by atoms with Crippen molar-refractivity contribution in [3.8, 4) is 97.1 Å². The van der Waals surface area contributed by atoms with Crippen LogP contribution in [0.2, 0.25) is 0 Å². The molecule has 74 heavy (non-hydrogen) atoms. The van der Waals surface area contributed by atoms with E-state index in [0.29, 0.717) is 34.2 Å². The second-order valence-electron chi connectivity index (χ2n) is 18.2. The van der Waals surface area contributed by atoms with Gasteiger partial charge in [-0.3, -0.25) is 0 Å². The molecule has 0 aliphatic carbocycles. The molecule has 8 heteroatoms. The molecule has 8 nitrogen and oxygen atoms in total. The minimum atomic E-state index is 0.416. The van der Waals surface area contributed by atoms with Gasteiger partial charge in [0.25, 0.3) is 0 Å². The molecule has 0 unspecified atom stereocenters. The van der Waals surface area contributed by atoms with E-state index in [-0.39, 0.29) is 0 Å². The second-order valence-corrected chi connectivity index (χ2v) is 18.2. The molecule has 0 bridgehead atoms. The third-order valence-electron chi connectivity index (χ3n) is 13.8. The molecule has 0 atom stereocenters. The van der Waals surface area contributed by atoms with Crippen LogP contribution in [0.3, 0.4) is 0 Å². The van der Waals surface area contributed by atoms with Gasteiger partial charge in [0.05, 0.1) is 57.0 Å². The van der Waals surface area contributed by atoms with Gasteiger partial charge in [-0.25, -0.2) is 15.0 Å². The van der Waals surface area contributed by atoms with E-state index < -0.39 is 0 Å². The summed E-state index contributed by atoms with van der Waals surface area (Å²) in [7, 11) is 0. The maximum absolute atomic E-state index is 10.4. The van der Waals surface area contributed by atoms with Crippen molar-refractivity contribution in [2.45, 2.75) is 0 Å². The summed E-state index contributed by atoms with van der Waals surface area (Å²) in [5.41, 5.74) is 14.8. The first kappa shape index (κ1) is 43.3. The Morgan fingerprint density at radius 3 is 1.11 bits per heavy atom. The number of aromatic nitrogens is 5. The van der Waals surface area contributed by atoms with Gasteiger partial charge in [-0.15, -0.1) is 0 Å². The maximum Gasteiger partial charge on any atom is 0.164 e. The van der Waals surface area contributed by atoms with Gasteiger partial charge in [0.1, 0.15) is 0 Å². The van der Waals surface area contributed by atoms with E-state index in [1.807, 2.05) is 97.1 Å². The third kappa shape index (κ3) is 7.42. The minimum Gasteiger partial charge on any atom is -0.309 e. The van der Waals surface area contributed by atoms with E-state index in [4.69, 9.17) is 15.0 Å². The molecule has 342 valence electrons. The van der Waals surface area contributed by atoms with Crippen molar-refractivity contribution in [3.05, 3.63) is 247 Å². The number of rotatable bonds is 8. The summed E-state index contributed by atoms with van der Waals surface area (Å²) < 4.78 is 4.56. The highest BCUT2D eigenvalue weighted by atomic mass is 15.0. The lowest BCUT2D eigenvalue weighted by atomic mass is 9.95. The van der Waals surface area contributed by atoms with Crippen molar-refractivity contribution in [3.63, 3.8) is 0 Å². The highest BCUT2D eigenvalue weighted by Gasteiger charge is 2.22. The Bertz CT molecular complexity index is 4210. The summed E-state index contributed by atoms with van der Waals surface area (Å²) in [5, 5.41) is 35.0. The van der Waals surface area contributed by atoms with Crippen molar-refractivity contribution in [1.82, 2.24) is 24.1 Å². The van der Waals surface area contributed by atoms with E-state index >= 15 is 0 Å². The summed E-state index contributed by atoms with van der Waals surface area (Å²) in [5.74, 6) is 1.26. The number of nitrogens with zero attached hydrogens (tertiary/aromatic N) is 8. The Morgan fingerprint density at radius 2 is 0.662 bits per heavy atom. The second kappa shape index (κ2) is 17.9. The molecule has 0 fully saturated rings. The molecule has 13 aromatic rings. The molecular weight excluding hydrogens is 905 g/mol. The number of para-hydroxylation sites is 4. The number of hydrogen-bond donors (Lipinski definition) is 0. The van der Waals surface area contributed by atoms with Gasteiger partial charge in [-0.05, 0) is 119 Å². The van der Waals surface area contributed by atoms with E-state index in [1.165, 1.54) is 0 Å². The van der Waals surface area contributed by atoms with Gasteiger partial charge in [0.15, 0.2) is 17.5 Å². The standard InChI is InChI=1S/C66H38N8/c67-39-42-15-13-18-44(31-42)47-33-49(37-51(35-47)73-60-27-9-5-22-55(60)56-23-6-10-28-61(56)73)64-70-65(72-66(71-64)59-26-4-3-21-54(59)53-20-2-1-17-46(53)41-69)50-34-48(45-19-14-16-43(32-45)40-68)36-52(38-50)74-62-29-11-7-24-57(62)58-25-8-12-30-63(58)74/h1-38H. The largest absolute Gasteiger partial charge is 0.309 e. The highest BCUT2D eigenvalue weighted by molar-refractivity contribution is 6.10. The minimum absolute atomic E-state index is 0.416. The summed E-state index contributed by atoms with van der Waals surface area (Å²) in [6.07, 6.45) is 0. The summed E-state index contributed by atoms with van der Waals surface area (Å²) >= 11 is 0. The maximum atomic E-state index is 10.4. The van der Waals surface area contributed by atoms with Crippen LogP contribution in [0.5, 0.6) is 0 Å². The Hall–Kier alpha value is -10.7. The van der Waals surface area contributed by atoms with Crippen LogP contribution in [0.25, 0.3) is 123 Å². The van der Waals surface area contributed by atoms with Crippen LogP contribution in [0, 0.1) is 34.0 Å². The van der Waals surface area contributed by atoms with Crippen LogP contribution in [0.4, 0.5) is 0 Å². The molecule has 0 saturated heterocycles. The molecule has 10 aromatic carbocycles. The van der Waals surface area contributed by atoms with Gasteiger partial charge >= 0.3 is 0 Å². The van der Waals surface area contributed by atoms with Gasteiger partial charge in [0, 0.05) is 55.2 Å². The molecule has 0 aliphatic heterocycles. The first-order valence-electron chi connectivity index (χ1n) is 24.2. The van der Waals surface area contributed by atoms with E-state index in [9.17, 15) is 15.8 Å². The topological polar surface area (TPSA) is 120 Å². The Balaban J connectivity index is 1.12. The SMILES string of the molecule is N#Cc1cccc(-c2cc(-c3nc(-c4cc(-c5cccc(C#N)c5)cc(-n5c6ccccc6c6ccccc65)c4)nc(-c4ccccc4-c4ccccc4C#N)n3)cc(-n3c4ccccc4c4ccccc43)c2)c1. The van der Waals surface area contributed by atoms with Crippen molar-refractivity contribution in [1.29, 1.82) is 15.8 Å². The van der Waals surface area contributed by atoms with Gasteiger partial charge in [-0.2, -0.15) is 15.8 Å². The highest BCUT2D eigenvalue weighted by Crippen LogP contribution is 2.40. The number of nitriles is 3. The molecule has 0 amide bonds. The number of benzene rings is 10. The molecular formula is C66H38N8. The zero-order valence-corrected chi connectivity index (χ0v) is 39.5. The average Bonchev–Trinajstić information content (AvgIpc) is 4.03. The molecule has 0 saturated carbocycles. The number of hydrogen-bond acceptors (Lipinski definition) is 6. The van der Waals surface area contributed by atoms with Crippen LogP contribution < -0.4 is 0 Å². The van der Waals surface area contributed by atoms with Crippen LogP contribution in [0.1, 0.15) is 16.7 Å². The van der Waals surface area contributed by atoms with Crippen molar-refractivity contribution in [2.75, 3.05) is 0 Å². The van der Waals surface area contributed by atoms with Crippen LogP contribution in [-0.2, 0) is 0 Å². The van der Waals surface area contributed by atoms with E-state index in [0.717, 1.165) is 105 Å². The average molecular weight is 943 g/mol. The summed E-state index contributed by atoms with van der Waals surface area (Å²) in [4.78, 5) is 16.3. The molecule has 0 aliphatic rings. The Morgan fingerprint density at radius 1 is 0.284 bits per heavy atom. The predicted octanol–water partition coefficient (Wildman–Crippen LogP) is 15.7. The first-order chi connectivity index (χ1) is 36.5. The smallest absolute Gasteiger partial charge is 0.164 e. The molecule has 0 spiro atoms. The molecule has 13 rings (SSSR count). The van der Waals surface area contributed by atoms with Crippen LogP contribution >= 0.6 is 0 Å². The van der Waals surface area contributed by atoms with Gasteiger partial charge < -0.3 is 9.13 Å². The molecule has 3 heterocycles. The molecule has 3 aromatic heterocycles. The van der Waals surface area contributed by atoms with Crippen molar-refractivity contribution in [2.24, 2.45) is 0 Å². The third-order valence-corrected chi connectivity index (χ3v) is 13.8. The Kier molecular flexibility index (Phi) is 10.5. The zero-order valence-electron chi connectivity index (χ0n) is 39.5. The zero-order chi connectivity index (χ0) is 49.7. The van der Waals surface area contributed by atoms with Crippen molar-refractivity contribution < 1.29 is 0 Å². The van der Waals surface area contributed by atoms with Gasteiger partial charge in [0.2, 0.25) is 0 Å². The Labute approximate surface area is 425 Å². The van der Waals surface area contributed by atoms with Gasteiger partial charge in [-0.1, -0.05) is 140 Å². The molecule has 0 radical (unpaired) electrons. The fraction of sp³-hybridized carbons (Fsp3) is 0. The first-order valence-corrected chi connectivity index (χ1v) is 24.2. The quantitative estimate of drug-likeness (QED) is 0.150. The lowest BCUT2D eigenvalue weighted by molar-refractivity contribution is 1.07. The van der Waals surface area contributed by atoms with Crippen LogP contribution in [-0.4, -0.2) is 24.1 Å². The fourth-order valence-corrected chi connectivity index (χ4v) is 10.5. The number of fused-ring (bicyclic) bond motifs is 6. The molecule has 0 N–H and O–H groups in total. The van der Waals surface area contributed by atoms with Crippen LogP contribution in [0.15, 0.2) is 231 Å². The van der Waals surface area contributed by atoms with E-state index in [2.05, 4.69) is 161 Å². The normalized spacial score (nSPS) is 11.2. The lowest BCUT2D eigenvalue weighted by Crippen LogP contribution is -2.03. The van der Waals surface area contributed by atoms with E-state index in [1.54, 1.807) is 0 Å². The lowest BCUT2D eigenvalue weighted by Gasteiger charge is -2.16. The summed E-state index contributed by atoms with van der Waals surface area (Å²) in [6, 6.07) is 84.3. The predicted molar refractivity (Wildman–Crippen MR) is 295 cm³/mol. The monoisotopic (exact) mass is 942 g/mol.